The minimum Gasteiger partial charge on any atom is -0.347 e. The highest BCUT2D eigenvalue weighted by Crippen LogP contribution is 2.13. The molecule has 0 bridgehead atoms. The lowest BCUT2D eigenvalue weighted by Gasteiger charge is -1.96. The third-order valence-corrected chi connectivity index (χ3v) is 3.05. The zero-order chi connectivity index (χ0) is 10.1. The average molecular weight is 207 g/mol. The molecule has 0 spiro atoms. The second-order valence-electron chi connectivity index (χ2n) is 3.51. The molecule has 0 fully saturated rings. The maximum atomic E-state index is 4.10. The molecule has 2 aromatic rings. The van der Waals surface area contributed by atoms with Gasteiger partial charge in [-0.25, -0.2) is 0 Å². The Kier molecular flexibility index (Phi) is 2.37. The van der Waals surface area contributed by atoms with E-state index in [0.717, 1.165) is 16.6 Å². The van der Waals surface area contributed by atoms with Crippen LogP contribution in [0.15, 0.2) is 12.4 Å². The van der Waals surface area contributed by atoms with Crippen molar-refractivity contribution in [2.45, 2.75) is 27.3 Å². The van der Waals surface area contributed by atoms with E-state index >= 15 is 0 Å². The molecular formula is C10H13N3S. The zero-order valence-corrected chi connectivity index (χ0v) is 9.43. The largest absolute Gasteiger partial charge is 0.347 e. The van der Waals surface area contributed by atoms with Crippen molar-refractivity contribution in [1.82, 2.24) is 14.8 Å². The quantitative estimate of drug-likeness (QED) is 0.756. The smallest absolute Gasteiger partial charge is 0.137 e. The van der Waals surface area contributed by atoms with Gasteiger partial charge in [-0.15, -0.1) is 10.2 Å². The van der Waals surface area contributed by atoms with Crippen molar-refractivity contribution < 1.29 is 0 Å². The molecule has 2 aromatic heterocycles. The predicted molar refractivity (Wildman–Crippen MR) is 57.7 cm³/mol. The highest BCUT2D eigenvalue weighted by molar-refractivity contribution is 7.11. The van der Waals surface area contributed by atoms with Crippen LogP contribution in [-0.4, -0.2) is 14.8 Å². The number of aromatic nitrogens is 3. The van der Waals surface area contributed by atoms with Crippen molar-refractivity contribution in [1.29, 1.82) is 0 Å². The van der Waals surface area contributed by atoms with Crippen LogP contribution in [0.3, 0.4) is 0 Å². The Morgan fingerprint density at radius 1 is 1.14 bits per heavy atom. The first-order valence-electron chi connectivity index (χ1n) is 4.57. The first-order chi connectivity index (χ1) is 6.65. The minimum absolute atomic E-state index is 0.834. The van der Waals surface area contributed by atoms with Crippen LogP contribution in [0.5, 0.6) is 0 Å². The SMILES string of the molecule is Cc1nnc(Cn2cc(C)c(C)c2)s1. The summed E-state index contributed by atoms with van der Waals surface area (Å²) in [6.07, 6.45) is 4.29. The van der Waals surface area contributed by atoms with Gasteiger partial charge in [0.15, 0.2) is 0 Å². The molecule has 0 aliphatic carbocycles. The van der Waals surface area contributed by atoms with E-state index in [0.29, 0.717) is 0 Å². The van der Waals surface area contributed by atoms with Crippen LogP contribution in [0.25, 0.3) is 0 Å². The number of rotatable bonds is 2. The Hall–Kier alpha value is -1.16. The van der Waals surface area contributed by atoms with Crippen LogP contribution in [0.1, 0.15) is 21.1 Å². The van der Waals surface area contributed by atoms with Crippen LogP contribution < -0.4 is 0 Å². The van der Waals surface area contributed by atoms with Gasteiger partial charge in [-0.05, 0) is 31.9 Å². The van der Waals surface area contributed by atoms with Crippen molar-refractivity contribution in [2.24, 2.45) is 0 Å². The van der Waals surface area contributed by atoms with E-state index in [2.05, 4.69) is 41.0 Å². The summed E-state index contributed by atoms with van der Waals surface area (Å²) in [6, 6.07) is 0. The molecule has 2 heterocycles. The van der Waals surface area contributed by atoms with Gasteiger partial charge in [0, 0.05) is 12.4 Å². The molecule has 0 unspecified atom stereocenters. The molecule has 4 heteroatoms. The first kappa shape index (κ1) is 9.40. The summed E-state index contributed by atoms with van der Waals surface area (Å²) in [5.41, 5.74) is 2.65. The molecule has 0 atom stereocenters. The van der Waals surface area contributed by atoms with E-state index < -0.39 is 0 Å². The highest BCUT2D eigenvalue weighted by atomic mass is 32.1. The molecule has 14 heavy (non-hydrogen) atoms. The maximum absolute atomic E-state index is 4.10. The summed E-state index contributed by atoms with van der Waals surface area (Å²) < 4.78 is 2.16. The lowest BCUT2D eigenvalue weighted by molar-refractivity contribution is 0.780. The monoisotopic (exact) mass is 207 g/mol. The van der Waals surface area contributed by atoms with Crippen LogP contribution in [0.4, 0.5) is 0 Å². The third kappa shape index (κ3) is 1.85. The highest BCUT2D eigenvalue weighted by Gasteiger charge is 2.03. The van der Waals surface area contributed by atoms with Gasteiger partial charge in [0.25, 0.3) is 0 Å². The zero-order valence-electron chi connectivity index (χ0n) is 8.61. The van der Waals surface area contributed by atoms with Gasteiger partial charge in [0.1, 0.15) is 10.0 Å². The molecule has 0 N–H and O–H groups in total. The summed E-state index contributed by atoms with van der Waals surface area (Å²) in [7, 11) is 0. The molecular weight excluding hydrogens is 194 g/mol. The standard InChI is InChI=1S/C10H13N3S/c1-7-4-13(5-8(7)2)6-10-12-11-9(3)14-10/h4-5H,6H2,1-3H3. The molecule has 0 saturated heterocycles. The molecule has 0 saturated carbocycles. The fourth-order valence-corrected chi connectivity index (χ4v) is 2.11. The molecule has 0 aromatic carbocycles. The van der Waals surface area contributed by atoms with E-state index in [1.165, 1.54) is 11.1 Å². The molecule has 2 rings (SSSR count). The van der Waals surface area contributed by atoms with Crippen LogP contribution in [0.2, 0.25) is 0 Å². The number of hydrogen-bond acceptors (Lipinski definition) is 3. The summed E-state index contributed by atoms with van der Waals surface area (Å²) >= 11 is 1.65. The van der Waals surface area contributed by atoms with Gasteiger partial charge in [-0.3, -0.25) is 0 Å². The van der Waals surface area contributed by atoms with Gasteiger partial charge in [-0.1, -0.05) is 11.3 Å². The number of hydrogen-bond donors (Lipinski definition) is 0. The molecule has 0 aliphatic rings. The van der Waals surface area contributed by atoms with Crippen molar-refractivity contribution in [3.8, 4) is 0 Å². The van der Waals surface area contributed by atoms with E-state index in [-0.39, 0.29) is 0 Å². The summed E-state index contributed by atoms with van der Waals surface area (Å²) in [4.78, 5) is 0. The normalized spacial score (nSPS) is 10.8. The Labute approximate surface area is 87.4 Å². The molecule has 0 aliphatic heterocycles. The Morgan fingerprint density at radius 3 is 2.29 bits per heavy atom. The van der Waals surface area contributed by atoms with Gasteiger partial charge < -0.3 is 4.57 Å². The van der Waals surface area contributed by atoms with Crippen molar-refractivity contribution in [3.05, 3.63) is 33.5 Å². The Morgan fingerprint density at radius 2 is 1.79 bits per heavy atom. The first-order valence-corrected chi connectivity index (χ1v) is 5.39. The summed E-state index contributed by atoms with van der Waals surface area (Å²) in [5, 5.41) is 10.2. The van der Waals surface area contributed by atoms with E-state index in [9.17, 15) is 0 Å². The predicted octanol–water partition coefficient (Wildman–Crippen LogP) is 2.31. The maximum Gasteiger partial charge on any atom is 0.137 e. The molecule has 0 amide bonds. The fraction of sp³-hybridized carbons (Fsp3) is 0.400. The van der Waals surface area contributed by atoms with Crippen LogP contribution in [0, 0.1) is 20.8 Å². The lowest BCUT2D eigenvalue weighted by Crippen LogP contribution is -1.95. The van der Waals surface area contributed by atoms with E-state index in [4.69, 9.17) is 0 Å². The molecule has 3 nitrogen and oxygen atoms in total. The van der Waals surface area contributed by atoms with E-state index in [1.54, 1.807) is 11.3 Å². The van der Waals surface area contributed by atoms with Crippen LogP contribution in [-0.2, 0) is 6.54 Å². The minimum atomic E-state index is 0.834. The van der Waals surface area contributed by atoms with Crippen LogP contribution >= 0.6 is 11.3 Å². The Balaban J connectivity index is 2.18. The van der Waals surface area contributed by atoms with Crippen molar-refractivity contribution in [3.63, 3.8) is 0 Å². The van der Waals surface area contributed by atoms with Crippen molar-refractivity contribution >= 4 is 11.3 Å². The van der Waals surface area contributed by atoms with Gasteiger partial charge in [-0.2, -0.15) is 0 Å². The van der Waals surface area contributed by atoms with Crippen molar-refractivity contribution in [2.75, 3.05) is 0 Å². The Bertz CT molecular complexity index is 422. The summed E-state index contributed by atoms with van der Waals surface area (Å²) in [5.74, 6) is 0. The number of nitrogens with zero attached hydrogens (tertiary/aromatic N) is 3. The second kappa shape index (κ2) is 3.53. The molecule has 0 radical (unpaired) electrons. The summed E-state index contributed by atoms with van der Waals surface area (Å²) in [6.45, 7) is 7.06. The number of aryl methyl sites for hydroxylation is 3. The second-order valence-corrected chi connectivity index (χ2v) is 4.78. The van der Waals surface area contributed by atoms with Gasteiger partial charge in [0.05, 0.1) is 6.54 Å². The third-order valence-electron chi connectivity index (χ3n) is 2.23. The van der Waals surface area contributed by atoms with E-state index in [1.807, 2.05) is 6.92 Å². The topological polar surface area (TPSA) is 30.7 Å². The molecule has 74 valence electrons. The lowest BCUT2D eigenvalue weighted by atomic mass is 10.2. The van der Waals surface area contributed by atoms with Gasteiger partial charge in [0.2, 0.25) is 0 Å². The average Bonchev–Trinajstić information content (AvgIpc) is 2.62. The fourth-order valence-electron chi connectivity index (χ4n) is 1.39. The van der Waals surface area contributed by atoms with Gasteiger partial charge >= 0.3 is 0 Å².